The normalized spacial score (nSPS) is 14.1. The zero-order valence-electron chi connectivity index (χ0n) is 8.33. The number of likely N-dealkylation sites (N-methyl/N-ethyl adjacent to an activating group) is 1. The van der Waals surface area contributed by atoms with Crippen LogP contribution < -0.4 is 0 Å². The molecule has 0 aliphatic carbocycles. The van der Waals surface area contributed by atoms with Gasteiger partial charge in [-0.25, -0.2) is 0 Å². The Labute approximate surface area is 74.4 Å². The molecule has 0 aromatic rings. The smallest absolute Gasteiger partial charge is 0.0909 e. The lowest BCUT2D eigenvalue weighted by Gasteiger charge is -2.05. The van der Waals surface area contributed by atoms with Crippen LogP contribution in [0.15, 0.2) is 16.8 Å². The van der Waals surface area contributed by atoms with Gasteiger partial charge < -0.3 is 10.0 Å². The highest BCUT2D eigenvalue weighted by Crippen LogP contribution is 1.88. The molecule has 0 heterocycles. The maximum absolute atomic E-state index is 8.90. The molecule has 0 rings (SSSR count). The molecular weight excluding hydrogens is 152 g/mol. The molecule has 70 valence electrons. The quantitative estimate of drug-likeness (QED) is 0.512. The van der Waals surface area contributed by atoms with Gasteiger partial charge in [-0.2, -0.15) is 0 Å². The highest BCUT2D eigenvalue weighted by atomic mass is 16.3. The van der Waals surface area contributed by atoms with Crippen LogP contribution in [0.5, 0.6) is 0 Å². The second-order valence-corrected chi connectivity index (χ2v) is 3.11. The van der Waals surface area contributed by atoms with Gasteiger partial charge in [0.25, 0.3) is 0 Å². The highest BCUT2D eigenvalue weighted by molar-refractivity contribution is 5.92. The summed E-state index contributed by atoms with van der Waals surface area (Å²) < 4.78 is 0. The molecule has 0 bridgehead atoms. The fourth-order valence-corrected chi connectivity index (χ4v) is 0.774. The average molecular weight is 170 g/mol. The summed E-state index contributed by atoms with van der Waals surface area (Å²) in [6.45, 7) is 5.25. The number of aliphatic hydroxyl groups is 1. The molecule has 1 N–H and O–H groups in total. The van der Waals surface area contributed by atoms with E-state index in [1.807, 2.05) is 21.0 Å². The first-order valence-corrected chi connectivity index (χ1v) is 4.05. The monoisotopic (exact) mass is 170 g/mol. The Morgan fingerprint density at radius 2 is 2.00 bits per heavy atom. The molecule has 0 spiro atoms. The maximum Gasteiger partial charge on any atom is 0.0909 e. The second-order valence-electron chi connectivity index (χ2n) is 3.11. The number of allylic oxidation sites excluding steroid dienone is 2. The molecule has 0 aromatic heterocycles. The Balaban J connectivity index is 3.78. The average Bonchev–Trinajstić information content (AvgIpc) is 1.84. The fourth-order valence-electron chi connectivity index (χ4n) is 0.774. The third-order valence-corrected chi connectivity index (χ3v) is 1.33. The van der Waals surface area contributed by atoms with E-state index in [4.69, 9.17) is 5.11 Å². The Hall–Kier alpha value is -0.830. The van der Waals surface area contributed by atoms with Crippen LogP contribution in [0.4, 0.5) is 0 Å². The lowest BCUT2D eigenvalue weighted by Crippen LogP contribution is -2.15. The van der Waals surface area contributed by atoms with Crippen molar-refractivity contribution in [3.63, 3.8) is 0 Å². The van der Waals surface area contributed by atoms with Gasteiger partial charge in [0.2, 0.25) is 0 Å². The van der Waals surface area contributed by atoms with Crippen LogP contribution in [-0.4, -0.2) is 42.9 Å². The predicted molar refractivity (Wildman–Crippen MR) is 52.9 cm³/mol. The number of aliphatic imine (C=N–C) groups is 1. The van der Waals surface area contributed by atoms with E-state index < -0.39 is 0 Å². The summed E-state index contributed by atoms with van der Waals surface area (Å²) in [6, 6.07) is 0. The molecule has 3 heteroatoms. The molecule has 0 aliphatic rings. The largest absolute Gasteiger partial charge is 0.513 e. The van der Waals surface area contributed by atoms with E-state index >= 15 is 0 Å². The van der Waals surface area contributed by atoms with Gasteiger partial charge in [0.15, 0.2) is 0 Å². The molecule has 0 saturated heterocycles. The second kappa shape index (κ2) is 5.77. The first-order valence-electron chi connectivity index (χ1n) is 4.05. The van der Waals surface area contributed by atoms with Crippen LogP contribution in [0.3, 0.4) is 0 Å². The molecule has 0 fully saturated rings. The number of hydrogen-bond donors (Lipinski definition) is 1. The van der Waals surface area contributed by atoms with Crippen LogP contribution in [0.2, 0.25) is 0 Å². The van der Waals surface area contributed by atoms with Crippen molar-refractivity contribution in [1.82, 2.24) is 4.90 Å². The Kier molecular flexibility index (Phi) is 5.37. The highest BCUT2D eigenvalue weighted by Gasteiger charge is 1.89. The van der Waals surface area contributed by atoms with E-state index in [1.165, 1.54) is 0 Å². The number of aliphatic hydroxyl groups excluding tert-OH is 1. The van der Waals surface area contributed by atoms with Gasteiger partial charge in [-0.1, -0.05) is 0 Å². The molecule has 0 atom stereocenters. The minimum atomic E-state index is 0.307. The lowest BCUT2D eigenvalue weighted by molar-refractivity contribution is 0.414. The fraction of sp³-hybridized carbons (Fsp3) is 0.667. The van der Waals surface area contributed by atoms with Gasteiger partial charge in [-0.3, -0.25) is 4.99 Å². The maximum atomic E-state index is 8.90. The SMILES string of the molecule is C/C(O)=C/C(C)=N/CCN(C)C. The number of hydrogen-bond acceptors (Lipinski definition) is 3. The van der Waals surface area contributed by atoms with Gasteiger partial charge in [0.05, 0.1) is 12.3 Å². The zero-order valence-corrected chi connectivity index (χ0v) is 8.33. The van der Waals surface area contributed by atoms with Crippen molar-refractivity contribution in [1.29, 1.82) is 0 Å². The van der Waals surface area contributed by atoms with Gasteiger partial charge in [-0.15, -0.1) is 0 Å². The number of nitrogens with zero attached hydrogens (tertiary/aromatic N) is 2. The summed E-state index contributed by atoms with van der Waals surface area (Å²) in [4.78, 5) is 6.32. The standard InChI is InChI=1S/C9H18N2O/c1-8(7-9(2)12)10-5-6-11(3)4/h7,12H,5-6H2,1-4H3/b9-7-,10-8+. The summed E-state index contributed by atoms with van der Waals surface area (Å²) in [5.41, 5.74) is 0.872. The molecule has 12 heavy (non-hydrogen) atoms. The van der Waals surface area contributed by atoms with Crippen molar-refractivity contribution in [2.45, 2.75) is 13.8 Å². The minimum Gasteiger partial charge on any atom is -0.513 e. The molecule has 0 amide bonds. The Morgan fingerprint density at radius 1 is 1.42 bits per heavy atom. The van der Waals surface area contributed by atoms with Crippen LogP contribution in [0.25, 0.3) is 0 Å². The lowest BCUT2D eigenvalue weighted by atomic mass is 10.3. The van der Waals surface area contributed by atoms with Crippen LogP contribution >= 0.6 is 0 Å². The van der Waals surface area contributed by atoms with Crippen LogP contribution in [0, 0.1) is 0 Å². The first-order chi connectivity index (χ1) is 5.52. The molecule has 0 unspecified atom stereocenters. The van der Waals surface area contributed by atoms with Gasteiger partial charge in [0, 0.05) is 12.3 Å². The van der Waals surface area contributed by atoms with Crippen molar-refractivity contribution in [2.75, 3.05) is 27.2 Å². The van der Waals surface area contributed by atoms with Gasteiger partial charge >= 0.3 is 0 Å². The van der Waals surface area contributed by atoms with Gasteiger partial charge in [-0.05, 0) is 34.0 Å². The molecule has 0 radical (unpaired) electrons. The van der Waals surface area contributed by atoms with E-state index in [9.17, 15) is 0 Å². The van der Waals surface area contributed by atoms with Crippen molar-refractivity contribution in [3.05, 3.63) is 11.8 Å². The molecule has 0 aromatic carbocycles. The third kappa shape index (κ3) is 7.28. The van der Waals surface area contributed by atoms with Crippen molar-refractivity contribution < 1.29 is 5.11 Å². The zero-order chi connectivity index (χ0) is 9.56. The molecule has 0 aliphatic heterocycles. The number of rotatable bonds is 4. The van der Waals surface area contributed by atoms with Crippen LogP contribution in [-0.2, 0) is 0 Å². The van der Waals surface area contributed by atoms with Crippen molar-refractivity contribution >= 4 is 5.71 Å². The molecule has 0 saturated carbocycles. The van der Waals surface area contributed by atoms with E-state index in [2.05, 4.69) is 9.89 Å². The Bertz CT molecular complexity index is 179. The summed E-state index contributed by atoms with van der Waals surface area (Å²) in [6.07, 6.45) is 1.66. The Morgan fingerprint density at radius 3 is 2.42 bits per heavy atom. The third-order valence-electron chi connectivity index (χ3n) is 1.33. The first kappa shape index (κ1) is 11.2. The van der Waals surface area contributed by atoms with Crippen LogP contribution in [0.1, 0.15) is 13.8 Å². The molecule has 3 nitrogen and oxygen atoms in total. The minimum absolute atomic E-state index is 0.307. The van der Waals surface area contributed by atoms with E-state index in [1.54, 1.807) is 13.0 Å². The summed E-state index contributed by atoms with van der Waals surface area (Å²) in [7, 11) is 4.02. The van der Waals surface area contributed by atoms with E-state index in [0.717, 1.165) is 18.8 Å². The van der Waals surface area contributed by atoms with Crippen molar-refractivity contribution in [3.8, 4) is 0 Å². The van der Waals surface area contributed by atoms with Crippen molar-refractivity contribution in [2.24, 2.45) is 4.99 Å². The van der Waals surface area contributed by atoms with E-state index in [0.29, 0.717) is 5.76 Å². The van der Waals surface area contributed by atoms with E-state index in [-0.39, 0.29) is 0 Å². The van der Waals surface area contributed by atoms with Gasteiger partial charge in [0.1, 0.15) is 0 Å². The predicted octanol–water partition coefficient (Wildman–Crippen LogP) is 1.47. The summed E-state index contributed by atoms with van der Waals surface area (Å²) in [5.74, 6) is 0.307. The topological polar surface area (TPSA) is 35.8 Å². The molecular formula is C9H18N2O. The summed E-state index contributed by atoms with van der Waals surface area (Å²) in [5, 5.41) is 8.90. The summed E-state index contributed by atoms with van der Waals surface area (Å²) >= 11 is 0.